The van der Waals surface area contributed by atoms with E-state index in [1.165, 1.54) is 0 Å². The monoisotopic (exact) mass is 322 g/mol. The second-order valence-electron chi connectivity index (χ2n) is 5.40. The van der Waals surface area contributed by atoms with Gasteiger partial charge in [-0.15, -0.1) is 0 Å². The van der Waals surface area contributed by atoms with Crippen molar-refractivity contribution in [2.75, 3.05) is 0 Å². The van der Waals surface area contributed by atoms with Crippen LogP contribution in [0.25, 0.3) is 33.1 Å². The number of hydrogen-bond donors (Lipinski definition) is 2. The minimum absolute atomic E-state index is 0.330. The molecule has 5 heteroatoms. The fourth-order valence-electron chi connectivity index (χ4n) is 2.88. The van der Waals surface area contributed by atoms with Crippen LogP contribution in [0.1, 0.15) is 0 Å². The Bertz CT molecular complexity index is 1010. The molecule has 112 valence electrons. The summed E-state index contributed by atoms with van der Waals surface area (Å²) in [5.41, 5.74) is 3.37. The maximum Gasteiger partial charge on any atom is 0.492 e. The van der Waals surface area contributed by atoms with E-state index < -0.39 is 7.12 Å². The van der Waals surface area contributed by atoms with Crippen molar-refractivity contribution in [3.63, 3.8) is 0 Å². The number of para-hydroxylation sites is 1. The zero-order valence-corrected chi connectivity index (χ0v) is 12.8. The van der Waals surface area contributed by atoms with Gasteiger partial charge in [0, 0.05) is 16.2 Å². The third kappa shape index (κ3) is 2.32. The number of benzene rings is 3. The first-order chi connectivity index (χ1) is 11.1. The lowest BCUT2D eigenvalue weighted by molar-refractivity contribution is 0.425. The van der Waals surface area contributed by atoms with Crippen molar-refractivity contribution in [3.8, 4) is 11.1 Å². The van der Waals surface area contributed by atoms with Crippen LogP contribution in [0.3, 0.4) is 0 Å². The molecule has 23 heavy (non-hydrogen) atoms. The van der Waals surface area contributed by atoms with Gasteiger partial charge in [-0.3, -0.25) is 0 Å². The number of hydrogen-bond acceptors (Lipinski definition) is 3. The molecule has 3 nitrogen and oxygen atoms in total. The first kappa shape index (κ1) is 14.3. The highest BCUT2D eigenvalue weighted by atomic mass is 35.5. The van der Waals surface area contributed by atoms with Gasteiger partial charge in [-0.2, -0.15) is 0 Å². The van der Waals surface area contributed by atoms with Gasteiger partial charge in [-0.1, -0.05) is 60.1 Å². The largest absolute Gasteiger partial charge is 0.492 e. The predicted octanol–water partition coefficient (Wildman–Crippen LogP) is 3.59. The Balaban J connectivity index is 2.06. The quantitative estimate of drug-likeness (QED) is 0.555. The van der Waals surface area contributed by atoms with Crippen molar-refractivity contribution >= 4 is 46.1 Å². The number of halogens is 1. The fraction of sp³-hybridized carbons (Fsp3) is 0. The van der Waals surface area contributed by atoms with Gasteiger partial charge in [0.1, 0.15) is 5.58 Å². The van der Waals surface area contributed by atoms with Crippen molar-refractivity contribution in [1.82, 2.24) is 0 Å². The summed E-state index contributed by atoms with van der Waals surface area (Å²) in [6, 6.07) is 19.1. The van der Waals surface area contributed by atoms with E-state index in [-0.39, 0.29) is 0 Å². The third-order valence-corrected chi connectivity index (χ3v) is 4.25. The molecule has 2 N–H and O–H groups in total. The van der Waals surface area contributed by atoms with Gasteiger partial charge in [0.05, 0.1) is 5.02 Å². The molecule has 4 rings (SSSR count). The van der Waals surface area contributed by atoms with Crippen molar-refractivity contribution in [1.29, 1.82) is 0 Å². The molecule has 0 spiro atoms. The van der Waals surface area contributed by atoms with Gasteiger partial charge in [0.2, 0.25) is 0 Å². The first-order valence-electron chi connectivity index (χ1n) is 7.21. The molecule has 0 saturated heterocycles. The van der Waals surface area contributed by atoms with Crippen LogP contribution in [-0.4, -0.2) is 17.2 Å². The van der Waals surface area contributed by atoms with Crippen LogP contribution < -0.4 is 5.46 Å². The van der Waals surface area contributed by atoms with Crippen molar-refractivity contribution < 1.29 is 14.5 Å². The summed E-state index contributed by atoms with van der Waals surface area (Å²) in [6.07, 6.45) is 0. The molecule has 0 aliphatic carbocycles. The fourth-order valence-corrected chi connectivity index (χ4v) is 3.14. The molecule has 0 unspecified atom stereocenters. The lowest BCUT2D eigenvalue weighted by Crippen LogP contribution is -2.29. The summed E-state index contributed by atoms with van der Waals surface area (Å²) < 4.78 is 5.81. The number of rotatable bonds is 2. The Morgan fingerprint density at radius 2 is 1.57 bits per heavy atom. The highest BCUT2D eigenvalue weighted by molar-refractivity contribution is 6.61. The average Bonchev–Trinajstić information content (AvgIpc) is 2.95. The van der Waals surface area contributed by atoms with Gasteiger partial charge in [-0.25, -0.2) is 0 Å². The molecule has 0 atom stereocenters. The molecule has 1 heterocycles. The first-order valence-corrected chi connectivity index (χ1v) is 7.59. The summed E-state index contributed by atoms with van der Waals surface area (Å²) in [4.78, 5) is 0. The SMILES string of the molecule is OB(O)c1cccc2c1oc1c(Cl)cc(-c3ccccc3)cc12. The Kier molecular flexibility index (Phi) is 3.38. The Hall–Kier alpha value is -2.27. The van der Waals surface area contributed by atoms with E-state index in [4.69, 9.17) is 16.0 Å². The van der Waals surface area contributed by atoms with E-state index in [9.17, 15) is 10.0 Å². The molecular weight excluding hydrogens is 310 g/mol. The second-order valence-corrected chi connectivity index (χ2v) is 5.81. The van der Waals surface area contributed by atoms with Gasteiger partial charge in [0.25, 0.3) is 0 Å². The number of furan rings is 1. The maximum atomic E-state index is 9.51. The Labute approximate surface area is 137 Å². The van der Waals surface area contributed by atoms with Crippen LogP contribution in [0.15, 0.2) is 65.1 Å². The topological polar surface area (TPSA) is 53.6 Å². The van der Waals surface area contributed by atoms with Crippen molar-refractivity contribution in [3.05, 3.63) is 65.7 Å². The van der Waals surface area contributed by atoms with Gasteiger partial charge < -0.3 is 14.5 Å². The van der Waals surface area contributed by atoms with Crippen LogP contribution >= 0.6 is 11.6 Å². The average molecular weight is 323 g/mol. The smallest absolute Gasteiger partial charge is 0.455 e. The second kappa shape index (κ2) is 5.42. The minimum atomic E-state index is -1.59. The van der Waals surface area contributed by atoms with Gasteiger partial charge in [-0.05, 0) is 23.3 Å². The summed E-state index contributed by atoms with van der Waals surface area (Å²) in [5, 5.41) is 21.2. The lowest BCUT2D eigenvalue weighted by atomic mass is 9.79. The third-order valence-electron chi connectivity index (χ3n) is 3.97. The zero-order valence-electron chi connectivity index (χ0n) is 12.0. The predicted molar refractivity (Wildman–Crippen MR) is 94.0 cm³/mol. The molecule has 0 fully saturated rings. The van der Waals surface area contributed by atoms with E-state index in [0.717, 1.165) is 21.9 Å². The molecule has 0 amide bonds. The van der Waals surface area contributed by atoms with E-state index in [2.05, 4.69) is 0 Å². The van der Waals surface area contributed by atoms with Crippen LogP contribution in [0.4, 0.5) is 0 Å². The summed E-state index contributed by atoms with van der Waals surface area (Å²) in [7, 11) is -1.59. The number of fused-ring (bicyclic) bond motifs is 3. The summed E-state index contributed by atoms with van der Waals surface area (Å²) >= 11 is 6.40. The molecule has 1 aromatic heterocycles. The molecule has 0 radical (unpaired) electrons. The lowest BCUT2D eigenvalue weighted by Gasteiger charge is -2.03. The van der Waals surface area contributed by atoms with Crippen LogP contribution in [0.2, 0.25) is 5.02 Å². The van der Waals surface area contributed by atoms with Gasteiger partial charge >= 0.3 is 7.12 Å². The molecule has 0 bridgehead atoms. The molecule has 3 aromatic carbocycles. The Morgan fingerprint density at radius 1 is 0.783 bits per heavy atom. The van der Waals surface area contributed by atoms with E-state index in [1.807, 2.05) is 48.5 Å². The highest BCUT2D eigenvalue weighted by Gasteiger charge is 2.20. The zero-order chi connectivity index (χ0) is 16.0. The van der Waals surface area contributed by atoms with E-state index in [1.54, 1.807) is 12.1 Å². The van der Waals surface area contributed by atoms with Crippen molar-refractivity contribution in [2.45, 2.75) is 0 Å². The summed E-state index contributed by atoms with van der Waals surface area (Å²) in [6.45, 7) is 0. The summed E-state index contributed by atoms with van der Waals surface area (Å²) in [5.74, 6) is 0. The molecule has 0 aliphatic rings. The maximum absolute atomic E-state index is 9.51. The standard InChI is InChI=1S/C18H12BClO3/c20-16-10-12(11-5-2-1-3-6-11)9-14-13-7-4-8-15(19(21)22)17(13)23-18(14)16/h1-10,21-22H. The van der Waals surface area contributed by atoms with Gasteiger partial charge in [0.15, 0.2) is 5.58 Å². The Morgan fingerprint density at radius 3 is 2.30 bits per heavy atom. The molecular formula is C18H12BClO3. The van der Waals surface area contributed by atoms with E-state index >= 15 is 0 Å². The highest BCUT2D eigenvalue weighted by Crippen LogP contribution is 2.36. The van der Waals surface area contributed by atoms with E-state index in [0.29, 0.717) is 21.7 Å². The van der Waals surface area contributed by atoms with Crippen LogP contribution in [0.5, 0.6) is 0 Å². The molecule has 4 aromatic rings. The minimum Gasteiger partial charge on any atom is -0.455 e. The van der Waals surface area contributed by atoms with Crippen molar-refractivity contribution in [2.24, 2.45) is 0 Å². The van der Waals surface area contributed by atoms with Crippen LogP contribution in [0, 0.1) is 0 Å². The molecule has 0 saturated carbocycles. The molecule has 0 aliphatic heterocycles. The van der Waals surface area contributed by atoms with Crippen LogP contribution in [-0.2, 0) is 0 Å². The normalized spacial score (nSPS) is 11.3.